The van der Waals surface area contributed by atoms with E-state index in [0.29, 0.717) is 22.9 Å². The SMILES string of the molecule is COc1ccc(NC(=O)C2C(=O)C(N=Nc3nc4ccccc4n3-c3ncccn3)=C3C=CC=CC3C2C)cc1. The van der Waals surface area contributed by atoms with Crippen LogP contribution in [0.3, 0.4) is 0 Å². The molecule has 1 N–H and O–H groups in total. The smallest absolute Gasteiger partial charge is 0.257 e. The molecule has 0 saturated heterocycles. The van der Waals surface area contributed by atoms with Gasteiger partial charge in [-0.3, -0.25) is 9.59 Å². The number of benzene rings is 2. The summed E-state index contributed by atoms with van der Waals surface area (Å²) in [5.74, 6) is -0.963. The molecular formula is C30H25N7O3. The minimum absolute atomic E-state index is 0.131. The van der Waals surface area contributed by atoms with Gasteiger partial charge in [0.25, 0.3) is 5.95 Å². The van der Waals surface area contributed by atoms with E-state index in [4.69, 9.17) is 4.74 Å². The summed E-state index contributed by atoms with van der Waals surface area (Å²) in [5, 5.41) is 11.7. The van der Waals surface area contributed by atoms with Crippen molar-refractivity contribution >= 4 is 34.4 Å². The van der Waals surface area contributed by atoms with Crippen LogP contribution in [0.1, 0.15) is 6.92 Å². The first-order chi connectivity index (χ1) is 19.5. The standard InChI is InChI=1S/C30H25N7O3/c1-18-21-8-3-4-9-22(21)26(27(38)25(18)28(39)33-19-12-14-20(40-2)15-13-19)35-36-30-34-23-10-5-6-11-24(23)37(30)29-31-16-7-17-32-29/h3-18,21,25H,1-2H3,(H,33,39). The minimum Gasteiger partial charge on any atom is -0.497 e. The Bertz CT molecular complexity index is 1720. The Kier molecular flexibility index (Phi) is 6.57. The first-order valence-corrected chi connectivity index (χ1v) is 12.8. The number of para-hydroxylation sites is 2. The zero-order valence-corrected chi connectivity index (χ0v) is 21.8. The highest BCUT2D eigenvalue weighted by Crippen LogP contribution is 2.41. The molecule has 6 rings (SSSR count). The highest BCUT2D eigenvalue weighted by molar-refractivity contribution is 6.14. The average Bonchev–Trinajstić information content (AvgIpc) is 3.36. The van der Waals surface area contributed by atoms with Gasteiger partial charge in [0.05, 0.1) is 18.1 Å². The van der Waals surface area contributed by atoms with Crippen molar-refractivity contribution in [3.8, 4) is 11.7 Å². The topological polar surface area (TPSA) is 124 Å². The summed E-state index contributed by atoms with van der Waals surface area (Å²) in [4.78, 5) is 40.6. The van der Waals surface area contributed by atoms with Gasteiger partial charge >= 0.3 is 0 Å². The van der Waals surface area contributed by atoms with Crippen LogP contribution in [0.4, 0.5) is 11.6 Å². The molecule has 4 aromatic rings. The van der Waals surface area contributed by atoms with Crippen molar-refractivity contribution in [2.45, 2.75) is 6.92 Å². The summed E-state index contributed by atoms with van der Waals surface area (Å²) in [5.41, 5.74) is 2.85. The molecule has 10 nitrogen and oxygen atoms in total. The monoisotopic (exact) mass is 531 g/mol. The first kappa shape index (κ1) is 25.1. The van der Waals surface area contributed by atoms with Crippen LogP contribution in [0.2, 0.25) is 0 Å². The van der Waals surface area contributed by atoms with Crippen LogP contribution in [-0.4, -0.2) is 38.3 Å². The van der Waals surface area contributed by atoms with Crippen molar-refractivity contribution in [1.82, 2.24) is 19.5 Å². The Morgan fingerprint density at radius 1 is 1.00 bits per heavy atom. The lowest BCUT2D eigenvalue weighted by atomic mass is 9.69. The number of nitrogens with zero attached hydrogens (tertiary/aromatic N) is 6. The molecule has 2 aliphatic rings. The third-order valence-corrected chi connectivity index (χ3v) is 7.12. The number of allylic oxidation sites excluding steroid dienone is 6. The number of ether oxygens (including phenoxy) is 1. The number of nitrogens with one attached hydrogen (secondary N) is 1. The lowest BCUT2D eigenvalue weighted by molar-refractivity contribution is -0.132. The van der Waals surface area contributed by atoms with Crippen LogP contribution in [0.5, 0.6) is 5.75 Å². The van der Waals surface area contributed by atoms with E-state index < -0.39 is 17.6 Å². The zero-order chi connectivity index (χ0) is 27.6. The van der Waals surface area contributed by atoms with Crippen LogP contribution >= 0.6 is 0 Å². The van der Waals surface area contributed by atoms with Crippen molar-refractivity contribution in [3.63, 3.8) is 0 Å². The van der Waals surface area contributed by atoms with Crippen molar-refractivity contribution < 1.29 is 14.3 Å². The van der Waals surface area contributed by atoms with E-state index in [-0.39, 0.29) is 23.5 Å². The highest BCUT2D eigenvalue weighted by atomic mass is 16.5. The molecule has 2 aromatic heterocycles. The molecular weight excluding hydrogens is 506 g/mol. The van der Waals surface area contributed by atoms with E-state index in [2.05, 4.69) is 30.5 Å². The molecule has 2 aromatic carbocycles. The summed E-state index contributed by atoms with van der Waals surface area (Å²) in [6.07, 6.45) is 10.9. The largest absolute Gasteiger partial charge is 0.497 e. The highest BCUT2D eigenvalue weighted by Gasteiger charge is 2.44. The number of azo groups is 1. The number of carbonyl (C=O) groups excluding carboxylic acids is 2. The van der Waals surface area contributed by atoms with Gasteiger partial charge in [-0.25, -0.2) is 19.5 Å². The second kappa shape index (κ2) is 10.5. The third kappa shape index (κ3) is 4.49. The maximum absolute atomic E-state index is 13.9. The second-order valence-corrected chi connectivity index (χ2v) is 9.48. The minimum atomic E-state index is -0.961. The van der Waals surface area contributed by atoms with Gasteiger partial charge in [0.1, 0.15) is 17.4 Å². The van der Waals surface area contributed by atoms with E-state index in [1.54, 1.807) is 54.4 Å². The lowest BCUT2D eigenvalue weighted by Gasteiger charge is -2.34. The molecule has 1 amide bonds. The predicted molar refractivity (Wildman–Crippen MR) is 149 cm³/mol. The van der Waals surface area contributed by atoms with Crippen LogP contribution < -0.4 is 10.1 Å². The first-order valence-electron chi connectivity index (χ1n) is 12.8. The summed E-state index contributed by atoms with van der Waals surface area (Å²) in [6.45, 7) is 1.91. The van der Waals surface area contributed by atoms with Crippen LogP contribution in [0, 0.1) is 17.8 Å². The fraction of sp³-hybridized carbons (Fsp3) is 0.167. The molecule has 3 unspecified atom stereocenters. The number of hydrogen-bond donors (Lipinski definition) is 1. The quantitative estimate of drug-likeness (QED) is 0.263. The van der Waals surface area contributed by atoms with Gasteiger partial charge in [-0.05, 0) is 54.0 Å². The zero-order valence-electron chi connectivity index (χ0n) is 21.8. The second-order valence-electron chi connectivity index (χ2n) is 9.48. The van der Waals surface area contributed by atoms with Gasteiger partial charge in [-0.1, -0.05) is 43.4 Å². The Morgan fingerprint density at radius 3 is 2.55 bits per heavy atom. The fourth-order valence-corrected chi connectivity index (χ4v) is 5.13. The van der Waals surface area contributed by atoms with Gasteiger partial charge in [0.15, 0.2) is 5.78 Å². The van der Waals surface area contributed by atoms with Crippen LogP contribution in [-0.2, 0) is 9.59 Å². The number of ketones is 1. The molecule has 2 heterocycles. The molecule has 40 heavy (non-hydrogen) atoms. The summed E-state index contributed by atoms with van der Waals surface area (Å²) in [7, 11) is 1.57. The Labute approximate surface area is 229 Å². The van der Waals surface area contributed by atoms with Crippen molar-refractivity contribution in [1.29, 1.82) is 0 Å². The number of anilines is 1. The maximum atomic E-state index is 13.9. The molecule has 10 heteroatoms. The molecule has 2 aliphatic carbocycles. The van der Waals surface area contributed by atoms with Gasteiger partial charge in [0, 0.05) is 24.0 Å². The van der Waals surface area contributed by atoms with Crippen molar-refractivity contribution in [2.75, 3.05) is 12.4 Å². The Hall–Kier alpha value is -5.25. The lowest BCUT2D eigenvalue weighted by Crippen LogP contribution is -2.42. The number of imidazole rings is 1. The molecule has 3 atom stereocenters. The van der Waals surface area contributed by atoms with Gasteiger partial charge in [-0.2, -0.15) is 0 Å². The van der Waals surface area contributed by atoms with Crippen LogP contribution in [0.15, 0.2) is 113 Å². The number of fused-ring (bicyclic) bond motifs is 2. The molecule has 0 bridgehead atoms. The number of hydrogen-bond acceptors (Lipinski definition) is 8. The molecule has 0 fully saturated rings. The molecule has 0 saturated carbocycles. The molecule has 198 valence electrons. The summed E-state index contributed by atoms with van der Waals surface area (Å²) < 4.78 is 6.88. The van der Waals surface area contributed by atoms with E-state index in [9.17, 15) is 9.59 Å². The number of carbonyl (C=O) groups is 2. The van der Waals surface area contributed by atoms with Gasteiger partial charge < -0.3 is 10.1 Å². The fourth-order valence-electron chi connectivity index (χ4n) is 5.13. The molecule has 0 aliphatic heterocycles. The van der Waals surface area contributed by atoms with Gasteiger partial charge in [0.2, 0.25) is 11.9 Å². The van der Waals surface area contributed by atoms with E-state index >= 15 is 0 Å². The number of Topliss-reactive ketones (excluding diaryl/α,β-unsaturated/α-hetero) is 1. The normalized spacial score (nSPS) is 20.2. The summed E-state index contributed by atoms with van der Waals surface area (Å²) >= 11 is 0. The Morgan fingerprint density at radius 2 is 1.77 bits per heavy atom. The van der Waals surface area contributed by atoms with Crippen LogP contribution in [0.25, 0.3) is 17.0 Å². The molecule has 0 radical (unpaired) electrons. The molecule has 0 spiro atoms. The Balaban J connectivity index is 1.38. The summed E-state index contributed by atoms with van der Waals surface area (Å²) in [6, 6.07) is 16.2. The number of aromatic nitrogens is 4. The average molecular weight is 532 g/mol. The van der Waals surface area contributed by atoms with Gasteiger partial charge in [-0.15, -0.1) is 10.2 Å². The number of amides is 1. The van der Waals surface area contributed by atoms with E-state index in [0.717, 1.165) is 11.1 Å². The van der Waals surface area contributed by atoms with Crippen molar-refractivity contribution in [2.24, 2.45) is 28.0 Å². The third-order valence-electron chi connectivity index (χ3n) is 7.12. The van der Waals surface area contributed by atoms with E-state index in [1.807, 2.05) is 55.5 Å². The number of rotatable bonds is 6. The van der Waals surface area contributed by atoms with Crippen molar-refractivity contribution in [3.05, 3.63) is 103 Å². The maximum Gasteiger partial charge on any atom is 0.257 e. The number of methoxy groups -OCH3 is 1. The predicted octanol–water partition coefficient (Wildman–Crippen LogP) is 5.38. The van der Waals surface area contributed by atoms with E-state index in [1.165, 1.54) is 0 Å².